The molecular weight excluding hydrogens is 236 g/mol. The number of rotatable bonds is 2. The SMILES string of the molecule is NCC1CCCCC1C(=O)N1Cc2ccccc2C1. The van der Waals surface area contributed by atoms with Crippen molar-refractivity contribution in [2.75, 3.05) is 6.54 Å². The van der Waals surface area contributed by atoms with E-state index in [1.54, 1.807) is 0 Å². The van der Waals surface area contributed by atoms with Crippen molar-refractivity contribution in [1.82, 2.24) is 4.90 Å². The molecule has 0 bridgehead atoms. The number of nitrogens with zero attached hydrogens (tertiary/aromatic N) is 1. The van der Waals surface area contributed by atoms with Crippen LogP contribution in [0.4, 0.5) is 0 Å². The van der Waals surface area contributed by atoms with Crippen LogP contribution >= 0.6 is 0 Å². The lowest BCUT2D eigenvalue weighted by molar-refractivity contribution is -0.139. The maximum Gasteiger partial charge on any atom is 0.226 e. The summed E-state index contributed by atoms with van der Waals surface area (Å²) < 4.78 is 0. The summed E-state index contributed by atoms with van der Waals surface area (Å²) in [5, 5.41) is 0. The van der Waals surface area contributed by atoms with Crippen molar-refractivity contribution in [2.24, 2.45) is 17.6 Å². The molecule has 3 heteroatoms. The van der Waals surface area contributed by atoms with E-state index < -0.39 is 0 Å². The lowest BCUT2D eigenvalue weighted by Gasteiger charge is -2.32. The van der Waals surface area contributed by atoms with Gasteiger partial charge in [0, 0.05) is 19.0 Å². The molecular formula is C16H22N2O. The second kappa shape index (κ2) is 5.33. The van der Waals surface area contributed by atoms with E-state index in [-0.39, 0.29) is 5.92 Å². The molecule has 3 nitrogen and oxygen atoms in total. The van der Waals surface area contributed by atoms with Crippen molar-refractivity contribution in [3.8, 4) is 0 Å². The molecule has 2 aliphatic rings. The van der Waals surface area contributed by atoms with E-state index in [9.17, 15) is 4.79 Å². The van der Waals surface area contributed by atoms with E-state index in [0.29, 0.717) is 18.4 Å². The van der Waals surface area contributed by atoms with Gasteiger partial charge >= 0.3 is 0 Å². The number of fused-ring (bicyclic) bond motifs is 1. The summed E-state index contributed by atoms with van der Waals surface area (Å²) in [6, 6.07) is 8.36. The van der Waals surface area contributed by atoms with Crippen LogP contribution in [0.3, 0.4) is 0 Å². The second-order valence-electron chi connectivity index (χ2n) is 5.85. The summed E-state index contributed by atoms with van der Waals surface area (Å²) in [7, 11) is 0. The van der Waals surface area contributed by atoms with Crippen LogP contribution in [0.25, 0.3) is 0 Å². The van der Waals surface area contributed by atoms with Crippen LogP contribution in [-0.2, 0) is 17.9 Å². The first kappa shape index (κ1) is 12.7. The van der Waals surface area contributed by atoms with Crippen LogP contribution in [-0.4, -0.2) is 17.4 Å². The van der Waals surface area contributed by atoms with Crippen LogP contribution in [0, 0.1) is 11.8 Å². The van der Waals surface area contributed by atoms with E-state index in [2.05, 4.69) is 24.3 Å². The number of carbonyl (C=O) groups is 1. The topological polar surface area (TPSA) is 46.3 Å². The highest BCUT2D eigenvalue weighted by molar-refractivity contribution is 5.80. The Morgan fingerprint density at radius 2 is 1.79 bits per heavy atom. The van der Waals surface area contributed by atoms with Crippen LogP contribution in [0.2, 0.25) is 0 Å². The molecule has 102 valence electrons. The third-order valence-electron chi connectivity index (χ3n) is 4.68. The zero-order chi connectivity index (χ0) is 13.2. The van der Waals surface area contributed by atoms with Gasteiger partial charge in [-0.1, -0.05) is 37.1 Å². The van der Waals surface area contributed by atoms with Gasteiger partial charge in [0.1, 0.15) is 0 Å². The Morgan fingerprint density at radius 3 is 2.42 bits per heavy atom. The molecule has 2 unspecified atom stereocenters. The highest BCUT2D eigenvalue weighted by Gasteiger charge is 2.34. The van der Waals surface area contributed by atoms with Gasteiger partial charge in [-0.3, -0.25) is 4.79 Å². The average molecular weight is 258 g/mol. The number of benzene rings is 1. The molecule has 1 saturated carbocycles. The molecule has 1 aromatic carbocycles. The lowest BCUT2D eigenvalue weighted by Crippen LogP contribution is -2.40. The maximum absolute atomic E-state index is 12.7. The third-order valence-corrected chi connectivity index (χ3v) is 4.68. The molecule has 1 aliphatic heterocycles. The Kier molecular flexibility index (Phi) is 3.56. The first-order valence-corrected chi connectivity index (χ1v) is 7.35. The van der Waals surface area contributed by atoms with Crippen molar-refractivity contribution in [2.45, 2.75) is 38.8 Å². The van der Waals surface area contributed by atoms with Crippen molar-refractivity contribution in [3.63, 3.8) is 0 Å². The van der Waals surface area contributed by atoms with E-state index in [0.717, 1.165) is 25.9 Å². The van der Waals surface area contributed by atoms with Gasteiger partial charge in [-0.05, 0) is 36.4 Å². The molecule has 1 aliphatic carbocycles. The van der Waals surface area contributed by atoms with Gasteiger partial charge in [-0.15, -0.1) is 0 Å². The first-order chi connectivity index (χ1) is 9.29. The summed E-state index contributed by atoms with van der Waals surface area (Å²) in [4.78, 5) is 14.7. The Morgan fingerprint density at radius 1 is 1.16 bits per heavy atom. The zero-order valence-corrected chi connectivity index (χ0v) is 11.3. The fraction of sp³-hybridized carbons (Fsp3) is 0.562. The molecule has 1 amide bonds. The predicted octanol–water partition coefficient (Wildman–Crippen LogP) is 2.29. The summed E-state index contributed by atoms with van der Waals surface area (Å²) in [5.41, 5.74) is 8.45. The number of nitrogens with two attached hydrogens (primary N) is 1. The minimum absolute atomic E-state index is 0.160. The van der Waals surface area contributed by atoms with Gasteiger partial charge in [0.2, 0.25) is 5.91 Å². The van der Waals surface area contributed by atoms with E-state index in [4.69, 9.17) is 5.73 Å². The highest BCUT2D eigenvalue weighted by Crippen LogP contribution is 2.33. The molecule has 1 fully saturated rings. The van der Waals surface area contributed by atoms with Gasteiger partial charge < -0.3 is 10.6 Å². The number of hydrogen-bond donors (Lipinski definition) is 1. The van der Waals surface area contributed by atoms with Crippen LogP contribution < -0.4 is 5.73 Å². The molecule has 0 radical (unpaired) electrons. The Balaban J connectivity index is 1.72. The third kappa shape index (κ3) is 2.39. The van der Waals surface area contributed by atoms with Gasteiger partial charge in [0.25, 0.3) is 0 Å². The fourth-order valence-electron chi connectivity index (χ4n) is 3.54. The van der Waals surface area contributed by atoms with Crippen molar-refractivity contribution in [1.29, 1.82) is 0 Å². The van der Waals surface area contributed by atoms with E-state index in [1.165, 1.54) is 24.0 Å². The van der Waals surface area contributed by atoms with Gasteiger partial charge in [0.15, 0.2) is 0 Å². The molecule has 0 aromatic heterocycles. The summed E-state index contributed by atoms with van der Waals surface area (Å²) in [5.74, 6) is 0.879. The molecule has 2 N–H and O–H groups in total. The zero-order valence-electron chi connectivity index (χ0n) is 11.3. The fourth-order valence-corrected chi connectivity index (χ4v) is 3.54. The normalized spacial score (nSPS) is 26.3. The van der Waals surface area contributed by atoms with E-state index >= 15 is 0 Å². The van der Waals surface area contributed by atoms with Gasteiger partial charge in [0.05, 0.1) is 0 Å². The second-order valence-corrected chi connectivity index (χ2v) is 5.85. The molecule has 1 aromatic rings. The standard InChI is InChI=1S/C16H22N2O/c17-9-12-5-3-4-8-15(12)16(19)18-10-13-6-1-2-7-14(13)11-18/h1-2,6-7,12,15H,3-5,8-11,17H2. The van der Waals surface area contributed by atoms with Crippen molar-refractivity contribution in [3.05, 3.63) is 35.4 Å². The minimum atomic E-state index is 0.160. The van der Waals surface area contributed by atoms with Crippen molar-refractivity contribution < 1.29 is 4.79 Å². The average Bonchev–Trinajstić information content (AvgIpc) is 2.90. The van der Waals surface area contributed by atoms with Crippen LogP contribution in [0.5, 0.6) is 0 Å². The molecule has 0 saturated heterocycles. The largest absolute Gasteiger partial charge is 0.334 e. The monoisotopic (exact) mass is 258 g/mol. The van der Waals surface area contributed by atoms with Gasteiger partial charge in [-0.25, -0.2) is 0 Å². The molecule has 0 spiro atoms. The Hall–Kier alpha value is -1.35. The smallest absolute Gasteiger partial charge is 0.226 e. The number of amides is 1. The maximum atomic E-state index is 12.7. The van der Waals surface area contributed by atoms with E-state index in [1.807, 2.05) is 4.90 Å². The number of carbonyl (C=O) groups excluding carboxylic acids is 1. The van der Waals surface area contributed by atoms with Crippen molar-refractivity contribution >= 4 is 5.91 Å². The summed E-state index contributed by atoms with van der Waals surface area (Å²) >= 11 is 0. The molecule has 19 heavy (non-hydrogen) atoms. The minimum Gasteiger partial charge on any atom is -0.334 e. The quantitative estimate of drug-likeness (QED) is 0.884. The Bertz CT molecular complexity index is 447. The summed E-state index contributed by atoms with van der Waals surface area (Å²) in [6.07, 6.45) is 4.54. The van der Waals surface area contributed by atoms with Crippen LogP contribution in [0.15, 0.2) is 24.3 Å². The summed E-state index contributed by atoms with van der Waals surface area (Å²) in [6.45, 7) is 2.21. The number of hydrogen-bond acceptors (Lipinski definition) is 2. The van der Waals surface area contributed by atoms with Gasteiger partial charge in [-0.2, -0.15) is 0 Å². The highest BCUT2D eigenvalue weighted by atomic mass is 16.2. The predicted molar refractivity (Wildman–Crippen MR) is 75.2 cm³/mol. The molecule has 2 atom stereocenters. The molecule has 1 heterocycles. The lowest BCUT2D eigenvalue weighted by atomic mass is 9.78. The first-order valence-electron chi connectivity index (χ1n) is 7.35. The van der Waals surface area contributed by atoms with Crippen LogP contribution in [0.1, 0.15) is 36.8 Å². The molecule has 3 rings (SSSR count). The Labute approximate surface area is 114 Å².